The topological polar surface area (TPSA) is 38.0 Å². The van der Waals surface area contributed by atoms with Gasteiger partial charge in [-0.3, -0.25) is 0 Å². The van der Waals surface area contributed by atoms with E-state index in [0.717, 1.165) is 12.5 Å². The lowest BCUT2D eigenvalue weighted by atomic mass is 9.67. The van der Waals surface area contributed by atoms with Crippen molar-refractivity contribution in [3.05, 3.63) is 0 Å². The number of nitrogens with one attached hydrogen (secondary N) is 1. The SMILES string of the molecule is CCC1(CNCC2CCCCC2N)CCC1. The monoisotopic (exact) mass is 224 g/mol. The molecule has 0 bridgehead atoms. The minimum atomic E-state index is 0.459. The molecule has 0 saturated heterocycles. The zero-order valence-corrected chi connectivity index (χ0v) is 10.8. The highest BCUT2D eigenvalue weighted by molar-refractivity contribution is 4.89. The van der Waals surface area contributed by atoms with Gasteiger partial charge in [-0.15, -0.1) is 0 Å². The average molecular weight is 224 g/mol. The van der Waals surface area contributed by atoms with Crippen molar-refractivity contribution in [1.82, 2.24) is 5.32 Å². The standard InChI is InChI=1S/C14H28N2/c1-2-14(8-5-9-14)11-16-10-12-6-3-4-7-13(12)15/h12-13,16H,2-11,15H2,1H3. The van der Waals surface area contributed by atoms with Gasteiger partial charge in [0.1, 0.15) is 0 Å². The fourth-order valence-electron chi connectivity index (χ4n) is 3.34. The smallest absolute Gasteiger partial charge is 0.00792 e. The lowest BCUT2D eigenvalue weighted by molar-refractivity contribution is 0.120. The van der Waals surface area contributed by atoms with Gasteiger partial charge in [0.2, 0.25) is 0 Å². The Labute approximate surface area is 100 Å². The van der Waals surface area contributed by atoms with Crippen LogP contribution in [-0.2, 0) is 0 Å². The summed E-state index contributed by atoms with van der Waals surface area (Å²) in [5, 5.41) is 3.70. The summed E-state index contributed by atoms with van der Waals surface area (Å²) < 4.78 is 0. The molecule has 0 spiro atoms. The Morgan fingerprint density at radius 3 is 2.50 bits per heavy atom. The third kappa shape index (κ3) is 2.78. The van der Waals surface area contributed by atoms with Crippen LogP contribution in [0.15, 0.2) is 0 Å². The Morgan fingerprint density at radius 2 is 1.94 bits per heavy atom. The Kier molecular flexibility index (Phi) is 4.26. The van der Waals surface area contributed by atoms with Crippen molar-refractivity contribution in [3.8, 4) is 0 Å². The molecule has 2 heteroatoms. The summed E-state index contributed by atoms with van der Waals surface area (Å²) in [5.41, 5.74) is 6.82. The van der Waals surface area contributed by atoms with Crippen molar-refractivity contribution in [1.29, 1.82) is 0 Å². The van der Waals surface area contributed by atoms with Gasteiger partial charge in [0, 0.05) is 12.6 Å². The summed E-state index contributed by atoms with van der Waals surface area (Å²) in [7, 11) is 0. The van der Waals surface area contributed by atoms with Gasteiger partial charge in [0.25, 0.3) is 0 Å². The minimum absolute atomic E-state index is 0.459. The second-order valence-corrected chi connectivity index (χ2v) is 6.05. The van der Waals surface area contributed by atoms with E-state index < -0.39 is 0 Å². The Hall–Kier alpha value is -0.0800. The van der Waals surface area contributed by atoms with Crippen LogP contribution in [0.5, 0.6) is 0 Å². The van der Waals surface area contributed by atoms with E-state index >= 15 is 0 Å². The lowest BCUT2D eigenvalue weighted by Gasteiger charge is -2.42. The van der Waals surface area contributed by atoms with Crippen molar-refractivity contribution in [2.24, 2.45) is 17.1 Å². The largest absolute Gasteiger partial charge is 0.327 e. The van der Waals surface area contributed by atoms with E-state index in [1.165, 1.54) is 57.9 Å². The Morgan fingerprint density at radius 1 is 1.19 bits per heavy atom. The summed E-state index contributed by atoms with van der Waals surface area (Å²) in [6, 6.07) is 0.459. The fourth-order valence-corrected chi connectivity index (χ4v) is 3.34. The van der Waals surface area contributed by atoms with Gasteiger partial charge in [-0.2, -0.15) is 0 Å². The predicted molar refractivity (Wildman–Crippen MR) is 69.4 cm³/mol. The Bertz CT molecular complexity index is 205. The third-order valence-electron chi connectivity index (χ3n) is 5.04. The maximum absolute atomic E-state index is 6.17. The highest BCUT2D eigenvalue weighted by atomic mass is 14.9. The van der Waals surface area contributed by atoms with E-state index in [1.807, 2.05) is 0 Å². The molecule has 2 aliphatic carbocycles. The van der Waals surface area contributed by atoms with E-state index in [1.54, 1.807) is 0 Å². The minimum Gasteiger partial charge on any atom is -0.327 e. The molecule has 2 atom stereocenters. The maximum Gasteiger partial charge on any atom is 0.00792 e. The highest BCUT2D eigenvalue weighted by Crippen LogP contribution is 2.43. The summed E-state index contributed by atoms with van der Waals surface area (Å²) >= 11 is 0. The molecule has 2 saturated carbocycles. The van der Waals surface area contributed by atoms with Crippen LogP contribution in [0.4, 0.5) is 0 Å². The molecule has 2 fully saturated rings. The number of rotatable bonds is 5. The first kappa shape index (κ1) is 12.4. The summed E-state index contributed by atoms with van der Waals surface area (Å²) in [5.74, 6) is 0.739. The second kappa shape index (κ2) is 5.50. The first-order valence-electron chi connectivity index (χ1n) is 7.22. The second-order valence-electron chi connectivity index (χ2n) is 6.05. The molecule has 2 nitrogen and oxygen atoms in total. The van der Waals surface area contributed by atoms with Crippen molar-refractivity contribution >= 4 is 0 Å². The molecule has 2 unspecified atom stereocenters. The molecule has 0 radical (unpaired) electrons. The molecule has 0 heterocycles. The van der Waals surface area contributed by atoms with E-state index in [-0.39, 0.29) is 0 Å². The molecular weight excluding hydrogens is 196 g/mol. The van der Waals surface area contributed by atoms with E-state index in [9.17, 15) is 0 Å². The lowest BCUT2D eigenvalue weighted by Crippen LogP contribution is -2.44. The summed E-state index contributed by atoms with van der Waals surface area (Å²) in [6.45, 7) is 4.73. The molecule has 2 rings (SSSR count). The number of hydrogen-bond acceptors (Lipinski definition) is 2. The molecule has 0 aromatic rings. The summed E-state index contributed by atoms with van der Waals surface area (Å²) in [6.07, 6.45) is 11.0. The van der Waals surface area contributed by atoms with Gasteiger partial charge in [-0.1, -0.05) is 26.2 Å². The molecule has 3 N–H and O–H groups in total. The normalized spacial score (nSPS) is 33.4. The number of hydrogen-bond donors (Lipinski definition) is 2. The molecule has 16 heavy (non-hydrogen) atoms. The maximum atomic E-state index is 6.17. The summed E-state index contributed by atoms with van der Waals surface area (Å²) in [4.78, 5) is 0. The van der Waals surface area contributed by atoms with Gasteiger partial charge in [-0.25, -0.2) is 0 Å². The molecule has 2 aliphatic rings. The van der Waals surface area contributed by atoms with Gasteiger partial charge in [0.05, 0.1) is 0 Å². The third-order valence-corrected chi connectivity index (χ3v) is 5.04. The van der Waals surface area contributed by atoms with Crippen molar-refractivity contribution in [2.45, 2.75) is 64.3 Å². The average Bonchev–Trinajstić information content (AvgIpc) is 2.25. The van der Waals surface area contributed by atoms with E-state index in [2.05, 4.69) is 12.2 Å². The fraction of sp³-hybridized carbons (Fsp3) is 1.00. The van der Waals surface area contributed by atoms with Gasteiger partial charge in [-0.05, 0) is 50.0 Å². The van der Waals surface area contributed by atoms with Crippen LogP contribution < -0.4 is 11.1 Å². The molecular formula is C14H28N2. The van der Waals surface area contributed by atoms with Crippen LogP contribution >= 0.6 is 0 Å². The van der Waals surface area contributed by atoms with Crippen molar-refractivity contribution in [3.63, 3.8) is 0 Å². The quantitative estimate of drug-likeness (QED) is 0.753. The van der Waals surface area contributed by atoms with Crippen LogP contribution in [0.25, 0.3) is 0 Å². The van der Waals surface area contributed by atoms with Gasteiger partial charge >= 0.3 is 0 Å². The molecule has 94 valence electrons. The zero-order chi connectivity index (χ0) is 11.4. The van der Waals surface area contributed by atoms with E-state index in [4.69, 9.17) is 5.73 Å². The van der Waals surface area contributed by atoms with Crippen LogP contribution in [-0.4, -0.2) is 19.1 Å². The predicted octanol–water partition coefficient (Wildman–Crippen LogP) is 2.67. The highest BCUT2D eigenvalue weighted by Gasteiger charge is 2.34. The molecule has 0 aromatic carbocycles. The van der Waals surface area contributed by atoms with Crippen molar-refractivity contribution < 1.29 is 0 Å². The van der Waals surface area contributed by atoms with Crippen LogP contribution in [0.2, 0.25) is 0 Å². The zero-order valence-electron chi connectivity index (χ0n) is 10.8. The van der Waals surface area contributed by atoms with Gasteiger partial charge in [0.15, 0.2) is 0 Å². The van der Waals surface area contributed by atoms with Crippen molar-refractivity contribution in [2.75, 3.05) is 13.1 Å². The molecule has 0 aromatic heterocycles. The Balaban J connectivity index is 1.66. The van der Waals surface area contributed by atoms with Gasteiger partial charge < -0.3 is 11.1 Å². The molecule has 0 aliphatic heterocycles. The van der Waals surface area contributed by atoms with Crippen LogP contribution in [0, 0.1) is 11.3 Å². The van der Waals surface area contributed by atoms with Crippen LogP contribution in [0.1, 0.15) is 58.3 Å². The molecule has 0 amide bonds. The first-order valence-corrected chi connectivity index (χ1v) is 7.22. The first-order chi connectivity index (χ1) is 7.76. The number of nitrogens with two attached hydrogens (primary N) is 1. The van der Waals surface area contributed by atoms with E-state index in [0.29, 0.717) is 11.5 Å². The van der Waals surface area contributed by atoms with Crippen LogP contribution in [0.3, 0.4) is 0 Å².